The predicted octanol–water partition coefficient (Wildman–Crippen LogP) is 3.53. The minimum atomic E-state index is 0.529. The Morgan fingerprint density at radius 1 is 1.33 bits per heavy atom. The van der Waals surface area contributed by atoms with Crippen LogP contribution in [0, 0.1) is 0 Å². The average molecular weight is 306 g/mol. The topological polar surface area (TPSA) is 30.7 Å². The summed E-state index contributed by atoms with van der Waals surface area (Å²) < 4.78 is 3.47. The first-order chi connectivity index (χ1) is 8.75. The Morgan fingerprint density at radius 2 is 2.17 bits per heavy atom. The SMILES string of the molecule is CC1CCCc2nnc(Cc3ccccc3Br)n21. The van der Waals surface area contributed by atoms with Crippen LogP contribution >= 0.6 is 15.9 Å². The molecule has 18 heavy (non-hydrogen) atoms. The number of nitrogens with zero attached hydrogens (tertiary/aromatic N) is 3. The van der Waals surface area contributed by atoms with Crippen LogP contribution in [-0.4, -0.2) is 14.8 Å². The lowest BCUT2D eigenvalue weighted by atomic mass is 10.1. The van der Waals surface area contributed by atoms with Gasteiger partial charge in [0, 0.05) is 23.4 Å². The fourth-order valence-corrected chi connectivity index (χ4v) is 3.08. The van der Waals surface area contributed by atoms with Crippen LogP contribution < -0.4 is 0 Å². The Bertz CT molecular complexity index is 562. The van der Waals surface area contributed by atoms with Gasteiger partial charge in [-0.1, -0.05) is 34.1 Å². The van der Waals surface area contributed by atoms with Gasteiger partial charge in [0.15, 0.2) is 0 Å². The Hall–Kier alpha value is -1.16. The van der Waals surface area contributed by atoms with E-state index in [2.05, 4.69) is 55.8 Å². The van der Waals surface area contributed by atoms with E-state index in [1.165, 1.54) is 18.4 Å². The number of hydrogen-bond acceptors (Lipinski definition) is 2. The van der Waals surface area contributed by atoms with Crippen molar-refractivity contribution >= 4 is 15.9 Å². The van der Waals surface area contributed by atoms with Gasteiger partial charge in [0.25, 0.3) is 0 Å². The minimum absolute atomic E-state index is 0.529. The molecule has 0 aliphatic carbocycles. The number of aryl methyl sites for hydroxylation is 1. The van der Waals surface area contributed by atoms with Crippen molar-refractivity contribution in [1.82, 2.24) is 14.8 Å². The van der Waals surface area contributed by atoms with Gasteiger partial charge in [-0.15, -0.1) is 10.2 Å². The summed E-state index contributed by atoms with van der Waals surface area (Å²) >= 11 is 3.60. The molecule has 0 saturated heterocycles. The highest BCUT2D eigenvalue weighted by Crippen LogP contribution is 2.26. The second-order valence-corrected chi connectivity index (χ2v) is 5.77. The maximum atomic E-state index is 4.38. The molecule has 1 aromatic carbocycles. The van der Waals surface area contributed by atoms with E-state index < -0.39 is 0 Å². The molecule has 0 spiro atoms. The fraction of sp³-hybridized carbons (Fsp3) is 0.429. The van der Waals surface area contributed by atoms with E-state index in [9.17, 15) is 0 Å². The van der Waals surface area contributed by atoms with Gasteiger partial charge in [-0.3, -0.25) is 0 Å². The Morgan fingerprint density at radius 3 is 3.00 bits per heavy atom. The summed E-state index contributed by atoms with van der Waals surface area (Å²) in [4.78, 5) is 0. The average Bonchev–Trinajstić information content (AvgIpc) is 2.77. The van der Waals surface area contributed by atoms with E-state index in [1.54, 1.807) is 0 Å². The maximum Gasteiger partial charge on any atom is 0.137 e. The third-order valence-corrected chi connectivity index (χ3v) is 4.38. The Kier molecular flexibility index (Phi) is 3.20. The summed E-state index contributed by atoms with van der Waals surface area (Å²) in [6.07, 6.45) is 4.37. The molecular weight excluding hydrogens is 290 g/mol. The van der Waals surface area contributed by atoms with E-state index in [1.807, 2.05) is 6.07 Å². The van der Waals surface area contributed by atoms with Crippen molar-refractivity contribution in [3.05, 3.63) is 46.0 Å². The maximum absolute atomic E-state index is 4.38. The van der Waals surface area contributed by atoms with E-state index in [-0.39, 0.29) is 0 Å². The van der Waals surface area contributed by atoms with Gasteiger partial charge in [-0.2, -0.15) is 0 Å². The van der Waals surface area contributed by atoms with Crippen LogP contribution in [0.3, 0.4) is 0 Å². The van der Waals surface area contributed by atoms with Crippen LogP contribution in [0.15, 0.2) is 28.7 Å². The van der Waals surface area contributed by atoms with Gasteiger partial charge in [0.05, 0.1) is 0 Å². The van der Waals surface area contributed by atoms with Gasteiger partial charge < -0.3 is 4.57 Å². The smallest absolute Gasteiger partial charge is 0.137 e. The number of hydrogen-bond donors (Lipinski definition) is 0. The van der Waals surface area contributed by atoms with Gasteiger partial charge in [0.1, 0.15) is 11.6 Å². The van der Waals surface area contributed by atoms with Crippen molar-refractivity contribution in [2.24, 2.45) is 0 Å². The van der Waals surface area contributed by atoms with Crippen LogP contribution in [-0.2, 0) is 12.8 Å². The Balaban J connectivity index is 1.95. The largest absolute Gasteiger partial charge is 0.312 e. The number of fused-ring (bicyclic) bond motifs is 1. The summed E-state index contributed by atoms with van der Waals surface area (Å²) in [6.45, 7) is 2.26. The van der Waals surface area contributed by atoms with Crippen molar-refractivity contribution in [2.75, 3.05) is 0 Å². The molecule has 0 saturated carbocycles. The third-order valence-electron chi connectivity index (χ3n) is 3.61. The molecule has 94 valence electrons. The molecule has 1 atom stereocenters. The first-order valence-electron chi connectivity index (χ1n) is 6.42. The standard InChI is InChI=1S/C14H16BrN3/c1-10-5-4-8-13-16-17-14(18(10)13)9-11-6-2-3-7-12(11)15/h2-3,6-7,10H,4-5,8-9H2,1H3. The molecule has 1 aliphatic heterocycles. The lowest BCUT2D eigenvalue weighted by Gasteiger charge is -2.22. The Labute approximate surface area is 115 Å². The third kappa shape index (κ3) is 2.09. The first-order valence-corrected chi connectivity index (χ1v) is 7.21. The molecule has 3 rings (SSSR count). The minimum Gasteiger partial charge on any atom is -0.312 e. The molecular formula is C14H16BrN3. The van der Waals surface area contributed by atoms with Crippen LogP contribution in [0.2, 0.25) is 0 Å². The van der Waals surface area contributed by atoms with Crippen molar-refractivity contribution in [3.63, 3.8) is 0 Å². The predicted molar refractivity (Wildman–Crippen MR) is 74.6 cm³/mol. The monoisotopic (exact) mass is 305 g/mol. The lowest BCUT2D eigenvalue weighted by molar-refractivity contribution is 0.416. The number of benzene rings is 1. The highest BCUT2D eigenvalue weighted by atomic mass is 79.9. The molecule has 1 unspecified atom stereocenters. The number of rotatable bonds is 2. The zero-order chi connectivity index (χ0) is 12.5. The molecule has 1 aliphatic rings. The number of halogens is 1. The second kappa shape index (κ2) is 4.84. The number of aromatic nitrogens is 3. The summed E-state index contributed by atoms with van der Waals surface area (Å²) in [5.41, 5.74) is 1.27. The summed E-state index contributed by atoms with van der Waals surface area (Å²) in [5, 5.41) is 8.71. The molecule has 4 heteroatoms. The molecule has 0 bridgehead atoms. The quantitative estimate of drug-likeness (QED) is 0.850. The van der Waals surface area contributed by atoms with Gasteiger partial charge in [0.2, 0.25) is 0 Å². The lowest BCUT2D eigenvalue weighted by Crippen LogP contribution is -2.17. The van der Waals surface area contributed by atoms with Crippen molar-refractivity contribution < 1.29 is 0 Å². The molecule has 0 radical (unpaired) electrons. The van der Waals surface area contributed by atoms with E-state index in [0.717, 1.165) is 29.0 Å². The van der Waals surface area contributed by atoms with Gasteiger partial charge in [-0.25, -0.2) is 0 Å². The summed E-state index contributed by atoms with van der Waals surface area (Å²) in [5.74, 6) is 2.24. The molecule has 1 aromatic heterocycles. The molecule has 3 nitrogen and oxygen atoms in total. The molecule has 0 fully saturated rings. The first kappa shape index (κ1) is 11.9. The van der Waals surface area contributed by atoms with Crippen molar-refractivity contribution in [1.29, 1.82) is 0 Å². The van der Waals surface area contributed by atoms with Crippen molar-refractivity contribution in [3.8, 4) is 0 Å². The van der Waals surface area contributed by atoms with E-state index >= 15 is 0 Å². The molecule has 0 N–H and O–H groups in total. The highest BCUT2D eigenvalue weighted by Gasteiger charge is 2.21. The normalized spacial score (nSPS) is 18.7. The molecule has 2 aromatic rings. The summed E-state index contributed by atoms with van der Waals surface area (Å²) in [7, 11) is 0. The second-order valence-electron chi connectivity index (χ2n) is 4.91. The van der Waals surface area contributed by atoms with Crippen LogP contribution in [0.5, 0.6) is 0 Å². The highest BCUT2D eigenvalue weighted by molar-refractivity contribution is 9.10. The van der Waals surface area contributed by atoms with Crippen LogP contribution in [0.25, 0.3) is 0 Å². The van der Waals surface area contributed by atoms with Crippen molar-refractivity contribution in [2.45, 2.75) is 38.6 Å². The zero-order valence-electron chi connectivity index (χ0n) is 10.4. The van der Waals surface area contributed by atoms with Crippen LogP contribution in [0.1, 0.15) is 43.0 Å². The molecule has 0 amide bonds. The van der Waals surface area contributed by atoms with Gasteiger partial charge >= 0.3 is 0 Å². The van der Waals surface area contributed by atoms with E-state index in [4.69, 9.17) is 0 Å². The van der Waals surface area contributed by atoms with Crippen LogP contribution in [0.4, 0.5) is 0 Å². The van der Waals surface area contributed by atoms with E-state index in [0.29, 0.717) is 6.04 Å². The summed E-state index contributed by atoms with van der Waals surface area (Å²) in [6, 6.07) is 8.85. The zero-order valence-corrected chi connectivity index (χ0v) is 12.0. The van der Waals surface area contributed by atoms with Gasteiger partial charge in [-0.05, 0) is 31.4 Å². The fourth-order valence-electron chi connectivity index (χ4n) is 2.66. The molecule has 2 heterocycles.